The minimum atomic E-state index is -0.751. The van der Waals surface area contributed by atoms with Crippen molar-refractivity contribution in [3.8, 4) is 0 Å². The van der Waals surface area contributed by atoms with Crippen molar-refractivity contribution >= 4 is 5.97 Å². The Morgan fingerprint density at radius 3 is 2.88 bits per heavy atom. The molecule has 0 amide bonds. The van der Waals surface area contributed by atoms with Crippen molar-refractivity contribution in [1.29, 1.82) is 0 Å². The summed E-state index contributed by atoms with van der Waals surface area (Å²) >= 11 is 0. The number of carboxylic acid groups (broad SMARTS) is 1. The molecule has 0 aromatic carbocycles. The summed E-state index contributed by atoms with van der Waals surface area (Å²) in [4.78, 5) is 10.1. The quantitative estimate of drug-likeness (QED) is 0.504. The van der Waals surface area contributed by atoms with Crippen molar-refractivity contribution in [2.24, 2.45) is 0 Å². The van der Waals surface area contributed by atoms with Crippen molar-refractivity contribution < 1.29 is 9.90 Å². The van der Waals surface area contributed by atoms with E-state index in [0.717, 1.165) is 12.8 Å². The van der Waals surface area contributed by atoms with Gasteiger partial charge in [-0.25, -0.2) is 0 Å². The van der Waals surface area contributed by atoms with E-state index in [0.29, 0.717) is 0 Å². The smallest absolute Gasteiger partial charge is 0.320 e. The van der Waals surface area contributed by atoms with E-state index in [1.54, 1.807) is 6.54 Å². The third-order valence-corrected chi connectivity index (χ3v) is 1.22. The zero-order valence-corrected chi connectivity index (χ0v) is 4.42. The largest absolute Gasteiger partial charge is 0.480 e. The molecule has 45 valence electrons. The fourth-order valence-electron chi connectivity index (χ4n) is 0.754. The minimum absolute atomic E-state index is 0.324. The van der Waals surface area contributed by atoms with Crippen molar-refractivity contribution in [2.45, 2.75) is 18.9 Å². The molecule has 1 rings (SSSR count). The summed E-state index contributed by atoms with van der Waals surface area (Å²) in [5.41, 5.74) is 0. The summed E-state index contributed by atoms with van der Waals surface area (Å²) in [6, 6.07) is -0.324. The van der Waals surface area contributed by atoms with Gasteiger partial charge in [0.05, 0.1) is 0 Å². The Bertz CT molecular complexity index is 96.6. The fraction of sp³-hybridized carbons (Fsp3) is 0.600. The first kappa shape index (κ1) is 5.56. The summed E-state index contributed by atoms with van der Waals surface area (Å²) in [6.07, 6.45) is 1.60. The molecule has 3 heteroatoms. The highest BCUT2D eigenvalue weighted by Crippen LogP contribution is 2.07. The van der Waals surface area contributed by atoms with Crippen molar-refractivity contribution in [1.82, 2.24) is 5.32 Å². The first-order valence-corrected chi connectivity index (χ1v) is 2.61. The van der Waals surface area contributed by atoms with E-state index in [1.165, 1.54) is 0 Å². The SMILES string of the molecule is O=C(O)[C@@H]1CC[CH]N1. The van der Waals surface area contributed by atoms with Crippen LogP contribution in [0.25, 0.3) is 0 Å². The van der Waals surface area contributed by atoms with Crippen LogP contribution in [0.2, 0.25) is 0 Å². The summed E-state index contributed by atoms with van der Waals surface area (Å²) in [6.45, 7) is 1.79. The maximum atomic E-state index is 10.1. The van der Waals surface area contributed by atoms with E-state index >= 15 is 0 Å². The van der Waals surface area contributed by atoms with Crippen LogP contribution in [0.1, 0.15) is 12.8 Å². The van der Waals surface area contributed by atoms with Crippen LogP contribution >= 0.6 is 0 Å². The maximum absolute atomic E-state index is 10.1. The Balaban J connectivity index is 2.35. The lowest BCUT2D eigenvalue weighted by Gasteiger charge is -1.99. The summed E-state index contributed by atoms with van der Waals surface area (Å²) in [5, 5.41) is 11.1. The zero-order valence-electron chi connectivity index (χ0n) is 4.42. The van der Waals surface area contributed by atoms with Gasteiger partial charge in [-0.05, 0) is 12.8 Å². The second-order valence-electron chi connectivity index (χ2n) is 1.84. The minimum Gasteiger partial charge on any atom is -0.480 e. The number of carbonyl (C=O) groups is 1. The highest BCUT2D eigenvalue weighted by Gasteiger charge is 2.20. The molecule has 1 aliphatic heterocycles. The second kappa shape index (κ2) is 2.13. The Labute approximate surface area is 47.7 Å². The van der Waals surface area contributed by atoms with Gasteiger partial charge in [0.15, 0.2) is 0 Å². The molecule has 1 aliphatic rings. The lowest BCUT2D eigenvalue weighted by atomic mass is 10.2. The molecule has 2 N–H and O–H groups in total. The summed E-state index contributed by atoms with van der Waals surface area (Å²) in [7, 11) is 0. The molecular formula is C5H8NO2. The van der Waals surface area contributed by atoms with Crippen molar-refractivity contribution in [3.05, 3.63) is 6.54 Å². The Morgan fingerprint density at radius 1 is 1.88 bits per heavy atom. The van der Waals surface area contributed by atoms with Gasteiger partial charge in [0, 0.05) is 6.54 Å². The Hall–Kier alpha value is -0.570. The molecule has 1 atom stereocenters. The van der Waals surface area contributed by atoms with E-state index in [2.05, 4.69) is 5.32 Å². The van der Waals surface area contributed by atoms with Gasteiger partial charge in [-0.3, -0.25) is 4.79 Å². The number of hydrogen-bond donors (Lipinski definition) is 2. The maximum Gasteiger partial charge on any atom is 0.320 e. The molecule has 1 fully saturated rings. The van der Waals surface area contributed by atoms with Gasteiger partial charge in [0.2, 0.25) is 0 Å². The fourth-order valence-corrected chi connectivity index (χ4v) is 0.754. The van der Waals surface area contributed by atoms with Gasteiger partial charge in [0.1, 0.15) is 6.04 Å². The summed E-state index contributed by atoms with van der Waals surface area (Å²) < 4.78 is 0. The molecule has 0 aromatic heterocycles. The molecule has 1 radical (unpaired) electrons. The molecule has 1 heterocycles. The van der Waals surface area contributed by atoms with Gasteiger partial charge >= 0.3 is 5.97 Å². The van der Waals surface area contributed by atoms with Gasteiger partial charge in [-0.2, -0.15) is 0 Å². The van der Waals surface area contributed by atoms with Gasteiger partial charge in [-0.15, -0.1) is 0 Å². The van der Waals surface area contributed by atoms with E-state index < -0.39 is 5.97 Å². The van der Waals surface area contributed by atoms with E-state index in [-0.39, 0.29) is 6.04 Å². The van der Waals surface area contributed by atoms with E-state index in [9.17, 15) is 4.79 Å². The average molecular weight is 114 g/mol. The van der Waals surface area contributed by atoms with Crippen LogP contribution in [-0.2, 0) is 4.79 Å². The molecule has 3 nitrogen and oxygen atoms in total. The predicted octanol–water partition coefficient (Wildman–Crippen LogP) is -0.0152. The average Bonchev–Trinajstić information content (AvgIpc) is 2.12. The lowest BCUT2D eigenvalue weighted by molar-refractivity contribution is -0.138. The molecule has 8 heavy (non-hydrogen) atoms. The number of hydrogen-bond acceptors (Lipinski definition) is 2. The van der Waals surface area contributed by atoms with Crippen LogP contribution in [0.4, 0.5) is 0 Å². The van der Waals surface area contributed by atoms with Gasteiger partial charge in [0.25, 0.3) is 0 Å². The highest BCUT2D eigenvalue weighted by molar-refractivity contribution is 5.73. The molecule has 0 bridgehead atoms. The first-order chi connectivity index (χ1) is 3.80. The van der Waals surface area contributed by atoms with Crippen LogP contribution in [0.15, 0.2) is 0 Å². The third kappa shape index (κ3) is 0.980. The highest BCUT2D eigenvalue weighted by atomic mass is 16.4. The predicted molar refractivity (Wildman–Crippen MR) is 28.1 cm³/mol. The second-order valence-corrected chi connectivity index (χ2v) is 1.84. The third-order valence-electron chi connectivity index (χ3n) is 1.22. The number of aliphatic carboxylic acids is 1. The monoisotopic (exact) mass is 114 g/mol. The number of rotatable bonds is 1. The molecule has 0 saturated carbocycles. The zero-order chi connectivity index (χ0) is 5.98. The number of nitrogens with one attached hydrogen (secondary N) is 1. The first-order valence-electron chi connectivity index (χ1n) is 2.61. The molecular weight excluding hydrogens is 106 g/mol. The van der Waals surface area contributed by atoms with Gasteiger partial charge < -0.3 is 10.4 Å². The molecule has 0 aromatic rings. The lowest BCUT2D eigenvalue weighted by Crippen LogP contribution is -2.28. The molecule has 0 spiro atoms. The van der Waals surface area contributed by atoms with E-state index in [4.69, 9.17) is 5.11 Å². The molecule has 0 unspecified atom stereocenters. The van der Waals surface area contributed by atoms with Crippen LogP contribution in [0, 0.1) is 6.54 Å². The standard InChI is InChI=1S/C5H8NO2/c7-5(8)4-2-1-3-6-4/h3-4,6H,1-2H2,(H,7,8)/t4-/m0/s1. The molecule has 0 aliphatic carbocycles. The van der Waals surface area contributed by atoms with Crippen LogP contribution in [-0.4, -0.2) is 17.1 Å². The van der Waals surface area contributed by atoms with Crippen LogP contribution in [0.5, 0.6) is 0 Å². The van der Waals surface area contributed by atoms with E-state index in [1.807, 2.05) is 0 Å². The molecule has 1 saturated heterocycles. The van der Waals surface area contributed by atoms with Gasteiger partial charge in [-0.1, -0.05) is 0 Å². The van der Waals surface area contributed by atoms with Crippen LogP contribution < -0.4 is 5.32 Å². The number of carboxylic acids is 1. The Morgan fingerprint density at radius 2 is 2.62 bits per heavy atom. The summed E-state index contributed by atoms with van der Waals surface area (Å²) in [5.74, 6) is -0.751. The Kier molecular flexibility index (Phi) is 1.48. The topological polar surface area (TPSA) is 49.3 Å². The van der Waals surface area contributed by atoms with Crippen LogP contribution in [0.3, 0.4) is 0 Å². The van der Waals surface area contributed by atoms with Crippen molar-refractivity contribution in [2.75, 3.05) is 0 Å². The normalized spacial score (nSPS) is 28.2. The van der Waals surface area contributed by atoms with Crippen molar-refractivity contribution in [3.63, 3.8) is 0 Å².